The van der Waals surface area contributed by atoms with Crippen molar-refractivity contribution in [3.05, 3.63) is 95.1 Å². The van der Waals surface area contributed by atoms with E-state index in [-0.39, 0.29) is 0 Å². The molecule has 0 saturated heterocycles. The lowest BCUT2D eigenvalue weighted by atomic mass is 9.98. The molecule has 1 aliphatic heterocycles. The molecule has 0 radical (unpaired) electrons. The molecule has 27 heavy (non-hydrogen) atoms. The quantitative estimate of drug-likeness (QED) is 0.738. The fraction of sp³-hybridized carbons (Fsp3) is 0.130. The van der Waals surface area contributed by atoms with Crippen LogP contribution in [0.3, 0.4) is 0 Å². The molecular formula is C23H21N3O. The van der Waals surface area contributed by atoms with Crippen LogP contribution in [0.1, 0.15) is 29.2 Å². The van der Waals surface area contributed by atoms with Gasteiger partial charge in [-0.25, -0.2) is 4.99 Å². The maximum Gasteiger partial charge on any atom is 0.154 e. The van der Waals surface area contributed by atoms with Crippen LogP contribution in [0, 0.1) is 0 Å². The zero-order valence-corrected chi connectivity index (χ0v) is 15.4. The van der Waals surface area contributed by atoms with Crippen molar-refractivity contribution >= 4 is 17.2 Å². The third-order valence-electron chi connectivity index (χ3n) is 4.64. The standard InChI is InChI=1S/C23H21N3O/c1-3-16-9-14-21-20(15-16)22(17-7-5-4-6-8-17)25-26-23(24-21)18-10-12-19(27-2)13-11-18/h4-15H,3H2,1-2H3,(H,24,26). The summed E-state index contributed by atoms with van der Waals surface area (Å²) in [5, 5.41) is 4.72. The summed E-state index contributed by atoms with van der Waals surface area (Å²) < 4.78 is 5.25. The largest absolute Gasteiger partial charge is 0.497 e. The summed E-state index contributed by atoms with van der Waals surface area (Å²) in [4.78, 5) is 4.87. The Morgan fingerprint density at radius 1 is 0.889 bits per heavy atom. The summed E-state index contributed by atoms with van der Waals surface area (Å²) in [6.07, 6.45) is 0.970. The molecular weight excluding hydrogens is 334 g/mol. The number of ether oxygens (including phenoxy) is 1. The lowest BCUT2D eigenvalue weighted by Gasteiger charge is -2.09. The Kier molecular flexibility index (Phi) is 4.71. The van der Waals surface area contributed by atoms with Crippen molar-refractivity contribution in [2.24, 2.45) is 10.1 Å². The van der Waals surface area contributed by atoms with Crippen LogP contribution in [-0.2, 0) is 6.42 Å². The Bertz CT molecular complexity index is 1010. The Balaban J connectivity index is 1.83. The van der Waals surface area contributed by atoms with Gasteiger partial charge in [-0.2, -0.15) is 5.10 Å². The lowest BCUT2D eigenvalue weighted by Crippen LogP contribution is -2.19. The van der Waals surface area contributed by atoms with Crippen LogP contribution in [0.15, 0.2) is 82.9 Å². The SMILES string of the molecule is CCc1ccc2c(c1)C(c1ccccc1)=NNC(c1ccc(OC)cc1)=N2. The van der Waals surface area contributed by atoms with Crippen LogP contribution in [0.4, 0.5) is 5.69 Å². The molecule has 4 rings (SSSR count). The van der Waals surface area contributed by atoms with Gasteiger partial charge in [0.25, 0.3) is 0 Å². The van der Waals surface area contributed by atoms with E-state index in [4.69, 9.17) is 14.8 Å². The van der Waals surface area contributed by atoms with Gasteiger partial charge in [-0.3, -0.25) is 5.43 Å². The van der Waals surface area contributed by atoms with Crippen LogP contribution < -0.4 is 10.2 Å². The maximum atomic E-state index is 5.25. The summed E-state index contributed by atoms with van der Waals surface area (Å²) >= 11 is 0. The molecule has 1 aliphatic rings. The van der Waals surface area contributed by atoms with Crippen LogP contribution >= 0.6 is 0 Å². The highest BCUT2D eigenvalue weighted by Crippen LogP contribution is 2.27. The average Bonchev–Trinajstić information content (AvgIpc) is 2.93. The van der Waals surface area contributed by atoms with Crippen LogP contribution in [0.2, 0.25) is 0 Å². The number of rotatable bonds is 4. The number of benzene rings is 3. The van der Waals surface area contributed by atoms with Crippen molar-refractivity contribution in [2.75, 3.05) is 7.11 Å². The lowest BCUT2D eigenvalue weighted by molar-refractivity contribution is 0.415. The van der Waals surface area contributed by atoms with Gasteiger partial charge in [0.1, 0.15) is 5.75 Å². The first-order valence-corrected chi connectivity index (χ1v) is 9.04. The second-order valence-electron chi connectivity index (χ2n) is 6.33. The summed E-state index contributed by atoms with van der Waals surface area (Å²) in [7, 11) is 1.66. The van der Waals surface area contributed by atoms with E-state index in [1.807, 2.05) is 42.5 Å². The number of aliphatic imine (C=N–C) groups is 1. The summed E-state index contributed by atoms with van der Waals surface area (Å²) in [6.45, 7) is 2.15. The molecule has 4 nitrogen and oxygen atoms in total. The van der Waals surface area contributed by atoms with Crippen molar-refractivity contribution in [2.45, 2.75) is 13.3 Å². The maximum absolute atomic E-state index is 5.25. The minimum atomic E-state index is 0.717. The Labute approximate surface area is 159 Å². The Morgan fingerprint density at radius 2 is 1.67 bits per heavy atom. The molecule has 134 valence electrons. The van der Waals surface area contributed by atoms with Gasteiger partial charge < -0.3 is 4.74 Å². The van der Waals surface area contributed by atoms with E-state index in [2.05, 4.69) is 42.7 Å². The van der Waals surface area contributed by atoms with E-state index < -0.39 is 0 Å². The number of hydrogen-bond donors (Lipinski definition) is 1. The monoisotopic (exact) mass is 355 g/mol. The molecule has 4 heteroatoms. The molecule has 1 heterocycles. The van der Waals surface area contributed by atoms with Gasteiger partial charge in [-0.05, 0) is 48.4 Å². The van der Waals surface area contributed by atoms with Gasteiger partial charge in [0, 0.05) is 16.7 Å². The van der Waals surface area contributed by atoms with E-state index in [0.717, 1.165) is 40.3 Å². The van der Waals surface area contributed by atoms with Crippen molar-refractivity contribution in [3.8, 4) is 5.75 Å². The van der Waals surface area contributed by atoms with Crippen molar-refractivity contribution < 1.29 is 4.74 Å². The average molecular weight is 355 g/mol. The number of hydrogen-bond acceptors (Lipinski definition) is 4. The number of hydrazone groups is 1. The normalized spacial score (nSPS) is 13.0. The van der Waals surface area contributed by atoms with Crippen molar-refractivity contribution in [3.63, 3.8) is 0 Å². The first-order valence-electron chi connectivity index (χ1n) is 9.04. The first-order chi connectivity index (χ1) is 13.3. The van der Waals surface area contributed by atoms with Crippen LogP contribution in [-0.4, -0.2) is 18.7 Å². The molecule has 3 aromatic rings. The van der Waals surface area contributed by atoms with E-state index in [0.29, 0.717) is 5.84 Å². The molecule has 0 spiro atoms. The van der Waals surface area contributed by atoms with Crippen LogP contribution in [0.5, 0.6) is 5.75 Å². The number of nitrogens with one attached hydrogen (secondary N) is 1. The summed E-state index contributed by atoms with van der Waals surface area (Å²) in [6, 6.07) is 24.4. The topological polar surface area (TPSA) is 46.0 Å². The second kappa shape index (κ2) is 7.46. The molecule has 0 saturated carbocycles. The number of amidine groups is 1. The molecule has 3 aromatic carbocycles. The predicted octanol–water partition coefficient (Wildman–Crippen LogP) is 4.69. The fourth-order valence-corrected chi connectivity index (χ4v) is 3.10. The number of fused-ring (bicyclic) bond motifs is 1. The van der Waals surface area contributed by atoms with Crippen molar-refractivity contribution in [1.82, 2.24) is 5.43 Å². The van der Waals surface area contributed by atoms with Gasteiger partial charge in [0.05, 0.1) is 18.5 Å². The Hall–Kier alpha value is -3.40. The molecule has 0 amide bonds. The van der Waals surface area contributed by atoms with E-state index in [1.54, 1.807) is 7.11 Å². The molecule has 1 N–H and O–H groups in total. The fourth-order valence-electron chi connectivity index (χ4n) is 3.10. The molecule has 0 unspecified atom stereocenters. The molecule has 0 atom stereocenters. The Morgan fingerprint density at radius 3 is 2.37 bits per heavy atom. The zero-order chi connectivity index (χ0) is 18.6. The third kappa shape index (κ3) is 3.47. The first kappa shape index (κ1) is 17.0. The highest BCUT2D eigenvalue weighted by atomic mass is 16.5. The third-order valence-corrected chi connectivity index (χ3v) is 4.64. The van der Waals surface area contributed by atoms with E-state index >= 15 is 0 Å². The number of aryl methyl sites for hydroxylation is 1. The minimum Gasteiger partial charge on any atom is -0.497 e. The van der Waals surface area contributed by atoms with E-state index in [9.17, 15) is 0 Å². The second-order valence-corrected chi connectivity index (χ2v) is 6.33. The molecule has 0 fully saturated rings. The predicted molar refractivity (Wildman–Crippen MR) is 110 cm³/mol. The number of nitrogens with zero attached hydrogens (tertiary/aromatic N) is 2. The minimum absolute atomic E-state index is 0.717. The zero-order valence-electron chi connectivity index (χ0n) is 15.4. The summed E-state index contributed by atoms with van der Waals surface area (Å²) in [5.74, 6) is 1.53. The molecule has 0 bridgehead atoms. The van der Waals surface area contributed by atoms with Gasteiger partial charge >= 0.3 is 0 Å². The van der Waals surface area contributed by atoms with Gasteiger partial charge in [0.15, 0.2) is 5.84 Å². The van der Waals surface area contributed by atoms with Crippen LogP contribution in [0.25, 0.3) is 0 Å². The van der Waals surface area contributed by atoms with Gasteiger partial charge in [-0.1, -0.05) is 43.3 Å². The molecule has 0 aliphatic carbocycles. The van der Waals surface area contributed by atoms with Gasteiger partial charge in [0.2, 0.25) is 0 Å². The highest BCUT2D eigenvalue weighted by Gasteiger charge is 2.17. The number of methoxy groups -OCH3 is 1. The highest BCUT2D eigenvalue weighted by molar-refractivity contribution is 6.18. The molecule has 0 aromatic heterocycles. The van der Waals surface area contributed by atoms with Gasteiger partial charge in [-0.15, -0.1) is 0 Å². The smallest absolute Gasteiger partial charge is 0.154 e. The van der Waals surface area contributed by atoms with Crippen molar-refractivity contribution in [1.29, 1.82) is 0 Å². The summed E-state index contributed by atoms with van der Waals surface area (Å²) in [5.41, 5.74) is 9.29. The van der Waals surface area contributed by atoms with E-state index in [1.165, 1.54) is 5.56 Å².